The summed E-state index contributed by atoms with van der Waals surface area (Å²) >= 11 is 0. The number of hydroxylamine groups is 2. The first-order chi connectivity index (χ1) is 11.4. The van der Waals surface area contributed by atoms with Gasteiger partial charge in [-0.2, -0.15) is 10.3 Å². The van der Waals surface area contributed by atoms with E-state index in [9.17, 15) is 10.1 Å². The number of nitrogens with zero attached hydrogens (tertiary/aromatic N) is 2. The Hall–Kier alpha value is -1.90. The van der Waals surface area contributed by atoms with Crippen LogP contribution >= 0.6 is 0 Å². The van der Waals surface area contributed by atoms with E-state index in [0.717, 1.165) is 42.6 Å². The number of nitrogens with one attached hydrogen (secondary N) is 1. The fraction of sp³-hybridized carbons (Fsp3) is 0.579. The molecule has 0 spiro atoms. The summed E-state index contributed by atoms with van der Waals surface area (Å²) in [5.74, 6) is 0.108. The summed E-state index contributed by atoms with van der Waals surface area (Å²) in [4.78, 5) is 17.6. The van der Waals surface area contributed by atoms with Gasteiger partial charge >= 0.3 is 0 Å². The van der Waals surface area contributed by atoms with Crippen molar-refractivity contribution in [2.45, 2.75) is 46.1 Å². The Labute approximate surface area is 144 Å². The number of benzene rings is 1. The number of carbonyl (C=O) groups excluding carboxylic acids is 1. The van der Waals surface area contributed by atoms with Crippen LogP contribution in [0.5, 0.6) is 0 Å². The third-order valence-corrected chi connectivity index (χ3v) is 4.86. The van der Waals surface area contributed by atoms with Crippen molar-refractivity contribution in [3.8, 4) is 6.07 Å². The molecule has 0 saturated carbocycles. The van der Waals surface area contributed by atoms with Gasteiger partial charge in [0.25, 0.3) is 0 Å². The molecule has 1 N–H and O–H groups in total. The van der Waals surface area contributed by atoms with Gasteiger partial charge in [0.1, 0.15) is 6.04 Å². The van der Waals surface area contributed by atoms with Gasteiger partial charge in [-0.15, -0.1) is 0 Å². The maximum absolute atomic E-state index is 12.4. The molecule has 0 aliphatic carbocycles. The van der Waals surface area contributed by atoms with Crippen LogP contribution in [0.15, 0.2) is 12.1 Å². The van der Waals surface area contributed by atoms with Crippen LogP contribution in [0.2, 0.25) is 0 Å². The Kier molecular flexibility index (Phi) is 6.36. The van der Waals surface area contributed by atoms with E-state index in [0.29, 0.717) is 6.42 Å². The second kappa shape index (κ2) is 8.27. The molecule has 0 aromatic heterocycles. The minimum Gasteiger partial charge on any atom is -0.340 e. The Balaban J connectivity index is 1.97. The summed E-state index contributed by atoms with van der Waals surface area (Å²) in [6.07, 6.45) is 2.04. The predicted molar refractivity (Wildman–Crippen MR) is 93.2 cm³/mol. The molecule has 1 aromatic carbocycles. The smallest absolute Gasteiger partial charge is 0.225 e. The van der Waals surface area contributed by atoms with Gasteiger partial charge in [-0.05, 0) is 56.2 Å². The lowest BCUT2D eigenvalue weighted by atomic mass is 9.90. The van der Waals surface area contributed by atoms with E-state index in [1.54, 1.807) is 7.11 Å². The summed E-state index contributed by atoms with van der Waals surface area (Å²) in [5, 5.41) is 14.3. The zero-order valence-corrected chi connectivity index (χ0v) is 15.1. The second-order valence-electron chi connectivity index (χ2n) is 6.68. The number of aryl methyl sites for hydroxylation is 3. The average molecular weight is 329 g/mol. The second-order valence-corrected chi connectivity index (χ2v) is 6.68. The standard InChI is InChI=1S/C19H27N3O2/c1-13-9-14(2)17(15(3)10-13)11-19(23)21-18(12-20)16-5-7-22(24-4)8-6-16/h9-10,16,18H,5-8,11H2,1-4H3,(H,21,23). The van der Waals surface area contributed by atoms with Crippen molar-refractivity contribution in [2.75, 3.05) is 20.2 Å². The minimum atomic E-state index is -0.428. The molecular weight excluding hydrogens is 302 g/mol. The van der Waals surface area contributed by atoms with E-state index in [4.69, 9.17) is 4.84 Å². The van der Waals surface area contributed by atoms with E-state index in [1.165, 1.54) is 5.56 Å². The highest BCUT2D eigenvalue weighted by molar-refractivity contribution is 5.80. The van der Waals surface area contributed by atoms with Crippen LogP contribution in [-0.4, -0.2) is 37.2 Å². The quantitative estimate of drug-likeness (QED) is 0.901. The Bertz CT molecular complexity index is 605. The van der Waals surface area contributed by atoms with Crippen LogP contribution in [0.1, 0.15) is 35.1 Å². The van der Waals surface area contributed by atoms with Gasteiger partial charge in [0.2, 0.25) is 5.91 Å². The molecule has 0 radical (unpaired) electrons. The monoisotopic (exact) mass is 329 g/mol. The van der Waals surface area contributed by atoms with Crippen molar-refractivity contribution < 1.29 is 9.63 Å². The van der Waals surface area contributed by atoms with Gasteiger partial charge in [-0.25, -0.2) is 0 Å². The van der Waals surface area contributed by atoms with Crippen LogP contribution in [-0.2, 0) is 16.1 Å². The molecule has 130 valence electrons. The number of nitriles is 1. The molecule has 1 unspecified atom stereocenters. The molecule has 1 atom stereocenters. The number of piperidine rings is 1. The van der Waals surface area contributed by atoms with E-state index in [-0.39, 0.29) is 11.8 Å². The number of rotatable bonds is 5. The molecule has 1 amide bonds. The molecule has 1 aliphatic rings. The molecule has 5 nitrogen and oxygen atoms in total. The van der Waals surface area contributed by atoms with Crippen molar-refractivity contribution in [1.29, 1.82) is 5.26 Å². The third kappa shape index (κ3) is 4.56. The van der Waals surface area contributed by atoms with Crippen molar-refractivity contribution in [2.24, 2.45) is 5.92 Å². The lowest BCUT2D eigenvalue weighted by Crippen LogP contribution is -2.45. The lowest BCUT2D eigenvalue weighted by Gasteiger charge is -2.32. The molecule has 1 aliphatic heterocycles. The highest BCUT2D eigenvalue weighted by Crippen LogP contribution is 2.21. The zero-order valence-electron chi connectivity index (χ0n) is 15.1. The molecule has 1 saturated heterocycles. The highest BCUT2D eigenvalue weighted by atomic mass is 16.7. The first kappa shape index (κ1) is 18.4. The molecule has 1 heterocycles. The summed E-state index contributed by atoms with van der Waals surface area (Å²) in [5.41, 5.74) is 4.52. The van der Waals surface area contributed by atoms with Crippen LogP contribution in [0.4, 0.5) is 0 Å². The fourth-order valence-electron chi connectivity index (χ4n) is 3.52. The van der Waals surface area contributed by atoms with Gasteiger partial charge in [0.05, 0.1) is 19.6 Å². The molecular formula is C19H27N3O2. The first-order valence-corrected chi connectivity index (χ1v) is 8.49. The van der Waals surface area contributed by atoms with E-state index >= 15 is 0 Å². The average Bonchev–Trinajstić information content (AvgIpc) is 2.56. The molecule has 1 aromatic rings. The lowest BCUT2D eigenvalue weighted by molar-refractivity contribution is -0.149. The topological polar surface area (TPSA) is 65.4 Å². The Morgan fingerprint density at radius 2 is 1.92 bits per heavy atom. The van der Waals surface area contributed by atoms with Crippen LogP contribution in [0.3, 0.4) is 0 Å². The summed E-state index contributed by atoms with van der Waals surface area (Å²) in [6, 6.07) is 6.03. The number of hydrogen-bond acceptors (Lipinski definition) is 4. The minimum absolute atomic E-state index is 0.0780. The Morgan fingerprint density at radius 1 is 1.33 bits per heavy atom. The SMILES string of the molecule is CON1CCC(C(C#N)NC(=O)Cc2c(C)cc(C)cc2C)CC1. The van der Waals surface area contributed by atoms with Crippen molar-refractivity contribution in [3.05, 3.63) is 34.4 Å². The Morgan fingerprint density at radius 3 is 2.42 bits per heavy atom. The summed E-state index contributed by atoms with van der Waals surface area (Å²) in [6.45, 7) is 7.72. The maximum atomic E-state index is 12.4. The predicted octanol–water partition coefficient (Wildman–Crippen LogP) is 2.44. The van der Waals surface area contributed by atoms with Gasteiger partial charge in [-0.3, -0.25) is 4.79 Å². The van der Waals surface area contributed by atoms with Crippen LogP contribution in [0.25, 0.3) is 0 Å². The van der Waals surface area contributed by atoms with Gasteiger partial charge in [-0.1, -0.05) is 17.7 Å². The van der Waals surface area contributed by atoms with E-state index in [2.05, 4.69) is 30.4 Å². The molecule has 1 fully saturated rings. The summed E-state index contributed by atoms with van der Waals surface area (Å²) < 4.78 is 0. The van der Waals surface area contributed by atoms with Crippen molar-refractivity contribution in [3.63, 3.8) is 0 Å². The highest BCUT2D eigenvalue weighted by Gasteiger charge is 2.28. The fourth-order valence-corrected chi connectivity index (χ4v) is 3.52. The van der Waals surface area contributed by atoms with Gasteiger partial charge < -0.3 is 10.2 Å². The van der Waals surface area contributed by atoms with Crippen molar-refractivity contribution in [1.82, 2.24) is 10.4 Å². The van der Waals surface area contributed by atoms with Crippen LogP contribution < -0.4 is 5.32 Å². The number of carbonyl (C=O) groups is 1. The molecule has 24 heavy (non-hydrogen) atoms. The first-order valence-electron chi connectivity index (χ1n) is 8.49. The summed E-state index contributed by atoms with van der Waals surface area (Å²) in [7, 11) is 1.66. The number of amides is 1. The maximum Gasteiger partial charge on any atom is 0.225 e. The van der Waals surface area contributed by atoms with Crippen LogP contribution in [0, 0.1) is 38.0 Å². The number of hydrogen-bond donors (Lipinski definition) is 1. The normalized spacial score (nSPS) is 17.3. The molecule has 2 rings (SSSR count). The van der Waals surface area contributed by atoms with E-state index < -0.39 is 6.04 Å². The molecule has 0 bridgehead atoms. The zero-order chi connectivity index (χ0) is 17.7. The molecule has 5 heteroatoms. The van der Waals surface area contributed by atoms with E-state index in [1.807, 2.05) is 18.9 Å². The van der Waals surface area contributed by atoms with Crippen molar-refractivity contribution >= 4 is 5.91 Å². The third-order valence-electron chi connectivity index (χ3n) is 4.86. The largest absolute Gasteiger partial charge is 0.340 e. The van der Waals surface area contributed by atoms with Gasteiger partial charge in [0.15, 0.2) is 0 Å². The van der Waals surface area contributed by atoms with Gasteiger partial charge in [0, 0.05) is 13.1 Å².